The number of hydrogen-bond acceptors (Lipinski definition) is 5. The SMILES string of the molecule is CC(C)(C)OC(=O)Nc1nc(F)c(C=O)s1. The zero-order valence-corrected chi connectivity index (χ0v) is 9.85. The van der Waals surface area contributed by atoms with E-state index < -0.39 is 17.6 Å². The van der Waals surface area contributed by atoms with E-state index in [9.17, 15) is 14.0 Å². The van der Waals surface area contributed by atoms with Gasteiger partial charge in [0.2, 0.25) is 5.95 Å². The van der Waals surface area contributed by atoms with Crippen molar-refractivity contribution >= 4 is 28.8 Å². The summed E-state index contributed by atoms with van der Waals surface area (Å²) in [5.41, 5.74) is -0.645. The molecule has 1 aromatic rings. The van der Waals surface area contributed by atoms with Crippen molar-refractivity contribution in [1.82, 2.24) is 4.98 Å². The van der Waals surface area contributed by atoms with E-state index in [-0.39, 0.29) is 10.0 Å². The van der Waals surface area contributed by atoms with Crippen molar-refractivity contribution in [2.24, 2.45) is 0 Å². The van der Waals surface area contributed by atoms with Gasteiger partial charge in [-0.3, -0.25) is 10.1 Å². The largest absolute Gasteiger partial charge is 0.444 e. The molecule has 16 heavy (non-hydrogen) atoms. The van der Waals surface area contributed by atoms with Crippen LogP contribution in [0.2, 0.25) is 0 Å². The number of hydrogen-bond donors (Lipinski definition) is 1. The monoisotopic (exact) mass is 246 g/mol. The van der Waals surface area contributed by atoms with Gasteiger partial charge in [-0.15, -0.1) is 0 Å². The van der Waals surface area contributed by atoms with Gasteiger partial charge in [-0.1, -0.05) is 11.3 Å². The van der Waals surface area contributed by atoms with Crippen LogP contribution < -0.4 is 5.32 Å². The molecule has 0 aliphatic heterocycles. The average Bonchev–Trinajstić information content (AvgIpc) is 2.42. The Labute approximate surface area is 95.6 Å². The minimum atomic E-state index is -0.897. The number of halogens is 1. The Balaban J connectivity index is 2.66. The number of nitrogens with one attached hydrogen (secondary N) is 1. The Kier molecular flexibility index (Phi) is 3.58. The van der Waals surface area contributed by atoms with Crippen LogP contribution in [0, 0.1) is 5.95 Å². The summed E-state index contributed by atoms with van der Waals surface area (Å²) >= 11 is 0.748. The molecule has 1 aromatic heterocycles. The smallest absolute Gasteiger partial charge is 0.413 e. The normalized spacial score (nSPS) is 11.0. The van der Waals surface area contributed by atoms with Crippen LogP contribution in [0.15, 0.2) is 0 Å². The second kappa shape index (κ2) is 4.56. The predicted octanol–water partition coefficient (Wildman–Crippen LogP) is 2.44. The molecule has 7 heteroatoms. The number of carbonyl (C=O) groups excluding carboxylic acids is 2. The summed E-state index contributed by atoms with van der Waals surface area (Å²) in [5, 5.41) is 2.24. The van der Waals surface area contributed by atoms with E-state index in [1.54, 1.807) is 20.8 Å². The molecule has 0 spiro atoms. The first-order chi connectivity index (χ1) is 7.31. The van der Waals surface area contributed by atoms with Crippen LogP contribution >= 0.6 is 11.3 Å². The van der Waals surface area contributed by atoms with Crippen LogP contribution in [0.25, 0.3) is 0 Å². The molecule has 1 heterocycles. The lowest BCUT2D eigenvalue weighted by molar-refractivity contribution is 0.0635. The zero-order chi connectivity index (χ0) is 12.3. The number of carbonyl (C=O) groups is 2. The van der Waals surface area contributed by atoms with Gasteiger partial charge in [0.25, 0.3) is 0 Å². The summed E-state index contributed by atoms with van der Waals surface area (Å²) in [5.74, 6) is -0.897. The third-order valence-corrected chi connectivity index (χ3v) is 2.20. The van der Waals surface area contributed by atoms with Gasteiger partial charge in [0, 0.05) is 0 Å². The Hall–Kier alpha value is -1.50. The molecule has 1 N–H and O–H groups in total. The topological polar surface area (TPSA) is 68.3 Å². The lowest BCUT2D eigenvalue weighted by Crippen LogP contribution is -2.27. The maximum absolute atomic E-state index is 12.9. The number of rotatable bonds is 2. The van der Waals surface area contributed by atoms with E-state index in [1.807, 2.05) is 0 Å². The molecule has 88 valence electrons. The van der Waals surface area contributed by atoms with Gasteiger partial charge in [-0.05, 0) is 20.8 Å². The highest BCUT2D eigenvalue weighted by molar-refractivity contribution is 7.17. The second-order valence-electron chi connectivity index (χ2n) is 3.92. The van der Waals surface area contributed by atoms with Crippen molar-refractivity contribution in [2.75, 3.05) is 5.32 Å². The first-order valence-electron chi connectivity index (χ1n) is 4.43. The zero-order valence-electron chi connectivity index (χ0n) is 9.04. The Bertz CT molecular complexity index is 411. The van der Waals surface area contributed by atoms with Crippen LogP contribution in [-0.2, 0) is 4.74 Å². The van der Waals surface area contributed by atoms with Crippen LogP contribution in [0.3, 0.4) is 0 Å². The summed E-state index contributed by atoms with van der Waals surface area (Å²) < 4.78 is 17.8. The third kappa shape index (κ3) is 3.58. The molecule has 0 saturated carbocycles. The molecule has 0 bridgehead atoms. The van der Waals surface area contributed by atoms with E-state index >= 15 is 0 Å². The number of aromatic nitrogens is 1. The van der Waals surface area contributed by atoms with E-state index in [0.717, 1.165) is 11.3 Å². The Morgan fingerprint density at radius 1 is 1.56 bits per heavy atom. The number of amides is 1. The predicted molar refractivity (Wildman–Crippen MR) is 57.3 cm³/mol. The highest BCUT2D eigenvalue weighted by atomic mass is 32.1. The van der Waals surface area contributed by atoms with Gasteiger partial charge in [-0.25, -0.2) is 4.79 Å². The molecule has 0 fully saturated rings. The van der Waals surface area contributed by atoms with Crippen molar-refractivity contribution in [3.8, 4) is 0 Å². The maximum Gasteiger partial charge on any atom is 0.413 e. The van der Waals surface area contributed by atoms with Crippen LogP contribution in [0.1, 0.15) is 30.4 Å². The third-order valence-electron chi connectivity index (χ3n) is 1.32. The van der Waals surface area contributed by atoms with Crippen molar-refractivity contribution in [3.05, 3.63) is 10.8 Å². The molecular weight excluding hydrogens is 235 g/mol. The molecule has 0 aliphatic rings. The molecule has 0 atom stereocenters. The number of nitrogens with zero attached hydrogens (tertiary/aromatic N) is 1. The Morgan fingerprint density at radius 3 is 2.62 bits per heavy atom. The molecule has 5 nitrogen and oxygen atoms in total. The van der Waals surface area contributed by atoms with E-state index in [0.29, 0.717) is 6.29 Å². The summed E-state index contributed by atoms with van der Waals surface area (Å²) in [6, 6.07) is 0. The van der Waals surface area contributed by atoms with Crippen LogP contribution in [-0.4, -0.2) is 23.0 Å². The summed E-state index contributed by atoms with van der Waals surface area (Å²) in [6.45, 7) is 5.10. The first kappa shape index (κ1) is 12.6. The van der Waals surface area contributed by atoms with Gasteiger partial charge in [0.05, 0.1) is 0 Å². The van der Waals surface area contributed by atoms with Gasteiger partial charge < -0.3 is 4.74 Å². The fourth-order valence-corrected chi connectivity index (χ4v) is 1.48. The minimum absolute atomic E-state index is 0.00569. The van der Waals surface area contributed by atoms with E-state index in [4.69, 9.17) is 4.74 Å². The maximum atomic E-state index is 12.9. The van der Waals surface area contributed by atoms with Crippen LogP contribution in [0.4, 0.5) is 14.3 Å². The molecule has 0 unspecified atom stereocenters. The Morgan fingerprint density at radius 2 is 2.19 bits per heavy atom. The van der Waals surface area contributed by atoms with E-state index in [1.165, 1.54) is 0 Å². The molecule has 1 rings (SSSR count). The van der Waals surface area contributed by atoms with E-state index in [2.05, 4.69) is 10.3 Å². The minimum Gasteiger partial charge on any atom is -0.444 e. The standard InChI is InChI=1S/C9H11FN2O3S/c1-9(2,3)15-8(14)12-7-11-6(10)5(4-13)16-7/h4H,1-3H3,(H,11,12,14). The van der Waals surface area contributed by atoms with Crippen molar-refractivity contribution in [2.45, 2.75) is 26.4 Å². The van der Waals surface area contributed by atoms with Gasteiger partial charge in [0.15, 0.2) is 11.4 Å². The highest BCUT2D eigenvalue weighted by Crippen LogP contribution is 2.20. The molecule has 1 amide bonds. The summed E-state index contributed by atoms with van der Waals surface area (Å²) in [6.07, 6.45) is -0.397. The number of thiazole rings is 1. The quantitative estimate of drug-likeness (QED) is 0.814. The number of aldehydes is 1. The summed E-state index contributed by atoms with van der Waals surface area (Å²) in [4.78, 5) is 24.8. The van der Waals surface area contributed by atoms with Gasteiger partial charge >= 0.3 is 6.09 Å². The number of ether oxygens (including phenoxy) is 1. The lowest BCUT2D eigenvalue weighted by atomic mass is 10.2. The molecular formula is C9H11FN2O3S. The lowest BCUT2D eigenvalue weighted by Gasteiger charge is -2.18. The van der Waals surface area contributed by atoms with Crippen LogP contribution in [0.5, 0.6) is 0 Å². The number of anilines is 1. The van der Waals surface area contributed by atoms with Gasteiger partial charge in [0.1, 0.15) is 10.5 Å². The fraction of sp³-hybridized carbons (Fsp3) is 0.444. The fourth-order valence-electron chi connectivity index (χ4n) is 0.830. The van der Waals surface area contributed by atoms with Crippen molar-refractivity contribution < 1.29 is 18.7 Å². The van der Waals surface area contributed by atoms with Crippen molar-refractivity contribution in [3.63, 3.8) is 0 Å². The first-order valence-corrected chi connectivity index (χ1v) is 5.25. The molecule has 0 aromatic carbocycles. The summed E-state index contributed by atoms with van der Waals surface area (Å²) in [7, 11) is 0. The molecule has 0 radical (unpaired) electrons. The van der Waals surface area contributed by atoms with Gasteiger partial charge in [-0.2, -0.15) is 9.37 Å². The average molecular weight is 246 g/mol. The molecule has 0 aliphatic carbocycles. The molecule has 0 saturated heterocycles. The second-order valence-corrected chi connectivity index (χ2v) is 4.95. The highest BCUT2D eigenvalue weighted by Gasteiger charge is 2.18. The van der Waals surface area contributed by atoms with Crippen molar-refractivity contribution in [1.29, 1.82) is 0 Å².